The molecule has 0 aromatic carbocycles. The van der Waals surface area contributed by atoms with E-state index in [1.54, 1.807) is 10.9 Å². The van der Waals surface area contributed by atoms with Crippen molar-refractivity contribution in [1.29, 1.82) is 0 Å². The summed E-state index contributed by atoms with van der Waals surface area (Å²) in [7, 11) is 0. The molecule has 0 aliphatic rings. The highest BCUT2D eigenvalue weighted by molar-refractivity contribution is 4.99. The van der Waals surface area contributed by atoms with Gasteiger partial charge in [-0.1, -0.05) is 5.11 Å². The van der Waals surface area contributed by atoms with Gasteiger partial charge in [-0.05, 0) is 18.5 Å². The van der Waals surface area contributed by atoms with Gasteiger partial charge >= 0.3 is 0 Å². The fourth-order valence-electron chi connectivity index (χ4n) is 0.883. The molecule has 1 heterocycles. The van der Waals surface area contributed by atoms with Crippen molar-refractivity contribution in [2.45, 2.75) is 20.0 Å². The van der Waals surface area contributed by atoms with Gasteiger partial charge < -0.3 is 0 Å². The zero-order valence-electron chi connectivity index (χ0n) is 6.30. The van der Waals surface area contributed by atoms with Gasteiger partial charge in [0, 0.05) is 23.3 Å². The number of azide groups is 1. The van der Waals surface area contributed by atoms with Gasteiger partial charge in [0.1, 0.15) is 0 Å². The van der Waals surface area contributed by atoms with Gasteiger partial charge in [0.2, 0.25) is 0 Å². The molecule has 0 fully saturated rings. The molecule has 1 aromatic heterocycles. The van der Waals surface area contributed by atoms with Gasteiger partial charge in [-0.25, -0.2) is 0 Å². The Morgan fingerprint density at radius 2 is 2.64 bits per heavy atom. The summed E-state index contributed by atoms with van der Waals surface area (Å²) >= 11 is 0. The van der Waals surface area contributed by atoms with E-state index in [-0.39, 0.29) is 0 Å². The lowest BCUT2D eigenvalue weighted by Gasteiger charge is -1.98. The Labute approximate surface area is 64.3 Å². The van der Waals surface area contributed by atoms with E-state index in [9.17, 15) is 0 Å². The fourth-order valence-corrected chi connectivity index (χ4v) is 0.883. The molecule has 0 N–H and O–H groups in total. The van der Waals surface area contributed by atoms with Crippen LogP contribution in [-0.4, -0.2) is 9.78 Å². The first kappa shape index (κ1) is 7.63. The molecule has 0 saturated heterocycles. The number of hydrogen-bond donors (Lipinski definition) is 0. The van der Waals surface area contributed by atoms with Gasteiger partial charge in [-0.2, -0.15) is 5.10 Å². The highest BCUT2D eigenvalue weighted by Crippen LogP contribution is 2.00. The summed E-state index contributed by atoms with van der Waals surface area (Å²) in [4.78, 5) is 2.67. The normalized spacial score (nSPS) is 9.18. The Morgan fingerprint density at radius 1 is 1.82 bits per heavy atom. The molecule has 0 atom stereocenters. The van der Waals surface area contributed by atoms with Crippen LogP contribution in [0.5, 0.6) is 0 Å². The molecule has 0 aliphatic carbocycles. The highest BCUT2D eigenvalue weighted by atomic mass is 15.3. The van der Waals surface area contributed by atoms with Crippen LogP contribution in [0.3, 0.4) is 0 Å². The minimum Gasteiger partial charge on any atom is -0.270 e. The minimum atomic E-state index is 0.379. The maximum atomic E-state index is 8.06. The molecular formula is C6H9N5. The molecule has 0 radical (unpaired) electrons. The van der Waals surface area contributed by atoms with E-state index in [2.05, 4.69) is 15.1 Å². The van der Waals surface area contributed by atoms with Crippen molar-refractivity contribution in [1.82, 2.24) is 9.78 Å². The summed E-state index contributed by atoms with van der Waals surface area (Å²) in [6.45, 7) is 3.18. The van der Waals surface area contributed by atoms with Crippen LogP contribution >= 0.6 is 0 Å². The Kier molecular flexibility index (Phi) is 2.52. The van der Waals surface area contributed by atoms with Gasteiger partial charge in [-0.15, -0.1) is 0 Å². The Bertz CT molecular complexity index is 270. The van der Waals surface area contributed by atoms with Crippen molar-refractivity contribution in [3.63, 3.8) is 0 Å². The standard InChI is InChI=1S/C6H9N5/c1-2-11-6(3-4-9-11)5-8-10-7/h3-4H,2,5H2,1H3. The summed E-state index contributed by atoms with van der Waals surface area (Å²) in [6.07, 6.45) is 1.70. The third-order valence-electron chi connectivity index (χ3n) is 1.40. The number of rotatable bonds is 3. The topological polar surface area (TPSA) is 66.6 Å². The summed E-state index contributed by atoms with van der Waals surface area (Å²) in [5.74, 6) is 0. The Hall–Kier alpha value is -1.48. The van der Waals surface area contributed by atoms with Crippen molar-refractivity contribution in [3.8, 4) is 0 Å². The fraction of sp³-hybridized carbons (Fsp3) is 0.500. The molecule has 58 valence electrons. The first-order valence-corrected chi connectivity index (χ1v) is 3.40. The minimum absolute atomic E-state index is 0.379. The summed E-state index contributed by atoms with van der Waals surface area (Å²) < 4.78 is 1.80. The molecule has 0 bridgehead atoms. The molecule has 0 saturated carbocycles. The average Bonchev–Trinajstić information content (AvgIpc) is 2.47. The van der Waals surface area contributed by atoms with Gasteiger partial charge in [0.15, 0.2) is 0 Å². The SMILES string of the molecule is CCn1nccc1CN=[N+]=[N-]. The van der Waals surface area contributed by atoms with Crippen molar-refractivity contribution < 1.29 is 0 Å². The molecule has 1 aromatic rings. The van der Waals surface area contributed by atoms with E-state index in [1.165, 1.54) is 0 Å². The van der Waals surface area contributed by atoms with Crippen molar-refractivity contribution in [3.05, 3.63) is 28.4 Å². The van der Waals surface area contributed by atoms with Crippen LogP contribution in [0.4, 0.5) is 0 Å². The predicted octanol–water partition coefficient (Wildman–Crippen LogP) is 1.71. The van der Waals surface area contributed by atoms with Crippen molar-refractivity contribution in [2.75, 3.05) is 0 Å². The van der Waals surface area contributed by atoms with Crippen LogP contribution in [-0.2, 0) is 13.1 Å². The van der Waals surface area contributed by atoms with Crippen LogP contribution in [0, 0.1) is 0 Å². The van der Waals surface area contributed by atoms with E-state index in [1.807, 2.05) is 13.0 Å². The molecule has 5 heteroatoms. The first-order valence-electron chi connectivity index (χ1n) is 3.40. The average molecular weight is 151 g/mol. The second kappa shape index (κ2) is 3.63. The van der Waals surface area contributed by atoms with Gasteiger partial charge in [-0.3, -0.25) is 4.68 Å². The molecule has 1 rings (SSSR count). The van der Waals surface area contributed by atoms with E-state index in [0.29, 0.717) is 6.54 Å². The first-order chi connectivity index (χ1) is 5.38. The van der Waals surface area contributed by atoms with Gasteiger partial charge in [0.25, 0.3) is 0 Å². The van der Waals surface area contributed by atoms with Crippen LogP contribution < -0.4 is 0 Å². The maximum absolute atomic E-state index is 8.06. The lowest BCUT2D eigenvalue weighted by molar-refractivity contribution is 0.622. The number of aryl methyl sites for hydroxylation is 1. The molecule has 0 spiro atoms. The molecule has 5 nitrogen and oxygen atoms in total. The zero-order valence-corrected chi connectivity index (χ0v) is 6.30. The van der Waals surface area contributed by atoms with Crippen LogP contribution in [0.2, 0.25) is 0 Å². The van der Waals surface area contributed by atoms with Gasteiger partial charge in [0.05, 0.1) is 6.54 Å². The van der Waals surface area contributed by atoms with E-state index in [0.717, 1.165) is 12.2 Å². The number of nitrogens with zero attached hydrogens (tertiary/aromatic N) is 5. The zero-order chi connectivity index (χ0) is 8.10. The molecular weight excluding hydrogens is 142 g/mol. The monoisotopic (exact) mass is 151 g/mol. The molecule has 0 amide bonds. The summed E-state index contributed by atoms with van der Waals surface area (Å²) in [6, 6.07) is 1.85. The van der Waals surface area contributed by atoms with E-state index in [4.69, 9.17) is 5.53 Å². The second-order valence-electron chi connectivity index (χ2n) is 2.03. The Balaban J connectivity index is 2.75. The quantitative estimate of drug-likeness (QED) is 0.368. The summed E-state index contributed by atoms with van der Waals surface area (Å²) in [5, 5.41) is 7.46. The van der Waals surface area contributed by atoms with Crippen molar-refractivity contribution in [2.24, 2.45) is 5.11 Å². The Morgan fingerprint density at radius 3 is 3.27 bits per heavy atom. The predicted molar refractivity (Wildman–Crippen MR) is 40.8 cm³/mol. The number of hydrogen-bond acceptors (Lipinski definition) is 2. The summed E-state index contributed by atoms with van der Waals surface area (Å²) in [5.41, 5.74) is 9.01. The van der Waals surface area contributed by atoms with Crippen molar-refractivity contribution >= 4 is 0 Å². The van der Waals surface area contributed by atoms with E-state index < -0.39 is 0 Å². The third-order valence-corrected chi connectivity index (χ3v) is 1.40. The van der Waals surface area contributed by atoms with E-state index >= 15 is 0 Å². The lowest BCUT2D eigenvalue weighted by Crippen LogP contribution is -2.00. The van der Waals surface area contributed by atoms with Crippen LogP contribution in [0.25, 0.3) is 10.4 Å². The molecule has 0 aliphatic heterocycles. The maximum Gasteiger partial charge on any atom is 0.0681 e. The second-order valence-corrected chi connectivity index (χ2v) is 2.03. The lowest BCUT2D eigenvalue weighted by atomic mass is 10.4. The third kappa shape index (κ3) is 1.72. The largest absolute Gasteiger partial charge is 0.270 e. The highest BCUT2D eigenvalue weighted by Gasteiger charge is 1.96. The molecule has 0 unspecified atom stereocenters. The number of aromatic nitrogens is 2. The molecule has 11 heavy (non-hydrogen) atoms. The van der Waals surface area contributed by atoms with Crippen LogP contribution in [0.15, 0.2) is 17.4 Å². The van der Waals surface area contributed by atoms with Crippen LogP contribution in [0.1, 0.15) is 12.6 Å². The smallest absolute Gasteiger partial charge is 0.0681 e.